The molecule has 0 fully saturated rings. The first kappa shape index (κ1) is 12.6. The number of halogens is 1. The third-order valence-electron chi connectivity index (χ3n) is 2.96. The van der Waals surface area contributed by atoms with Crippen LogP contribution < -0.4 is 10.5 Å². The normalized spacial score (nSPS) is 10.9. The van der Waals surface area contributed by atoms with E-state index >= 15 is 0 Å². The highest BCUT2D eigenvalue weighted by Crippen LogP contribution is 2.31. The van der Waals surface area contributed by atoms with E-state index in [1.165, 1.54) is 6.07 Å². The molecule has 0 saturated carbocycles. The van der Waals surface area contributed by atoms with E-state index in [0.717, 1.165) is 5.39 Å². The Bertz CT molecular complexity index is 740. The summed E-state index contributed by atoms with van der Waals surface area (Å²) >= 11 is 0. The maximum atomic E-state index is 13.8. The second-order valence-corrected chi connectivity index (χ2v) is 4.31. The van der Waals surface area contributed by atoms with Crippen molar-refractivity contribution in [2.45, 2.75) is 0 Å². The van der Waals surface area contributed by atoms with Gasteiger partial charge in [0.1, 0.15) is 23.9 Å². The van der Waals surface area contributed by atoms with Gasteiger partial charge in [0.25, 0.3) is 0 Å². The van der Waals surface area contributed by atoms with Gasteiger partial charge in [0, 0.05) is 18.2 Å². The number of ether oxygens (including phenoxy) is 1. The Hall–Kier alpha value is -2.40. The van der Waals surface area contributed by atoms with Crippen LogP contribution in [-0.4, -0.2) is 18.3 Å². The molecular weight excluding hydrogens is 259 g/mol. The Morgan fingerprint density at radius 1 is 1.20 bits per heavy atom. The fraction of sp³-hybridized carbons (Fsp3) is 0.133. The van der Waals surface area contributed by atoms with Crippen LogP contribution in [0.25, 0.3) is 22.2 Å². The van der Waals surface area contributed by atoms with Crippen molar-refractivity contribution in [3.8, 4) is 17.0 Å². The molecule has 3 rings (SSSR count). The highest BCUT2D eigenvalue weighted by atomic mass is 19.1. The number of nitrogens with zero attached hydrogens (tertiary/aromatic N) is 1. The van der Waals surface area contributed by atoms with Crippen LogP contribution in [0.4, 0.5) is 4.39 Å². The van der Waals surface area contributed by atoms with Gasteiger partial charge in [-0.2, -0.15) is 0 Å². The van der Waals surface area contributed by atoms with Gasteiger partial charge >= 0.3 is 0 Å². The van der Waals surface area contributed by atoms with E-state index in [0.29, 0.717) is 35.7 Å². The first-order valence-corrected chi connectivity index (χ1v) is 6.27. The van der Waals surface area contributed by atoms with E-state index in [1.807, 2.05) is 0 Å². The first-order valence-electron chi connectivity index (χ1n) is 6.27. The lowest BCUT2D eigenvalue weighted by Gasteiger charge is -2.03. The molecule has 5 heteroatoms. The lowest BCUT2D eigenvalue weighted by molar-refractivity contribution is 0.328. The van der Waals surface area contributed by atoms with Gasteiger partial charge in [-0.05, 0) is 24.3 Å². The minimum absolute atomic E-state index is 0.328. The van der Waals surface area contributed by atoms with Gasteiger partial charge in [-0.1, -0.05) is 17.3 Å². The van der Waals surface area contributed by atoms with Crippen molar-refractivity contribution in [3.05, 3.63) is 48.3 Å². The molecule has 0 aliphatic rings. The topological polar surface area (TPSA) is 61.3 Å². The van der Waals surface area contributed by atoms with E-state index in [-0.39, 0.29) is 5.82 Å². The Morgan fingerprint density at radius 2 is 2.05 bits per heavy atom. The van der Waals surface area contributed by atoms with Gasteiger partial charge < -0.3 is 15.0 Å². The van der Waals surface area contributed by atoms with Gasteiger partial charge in [-0.3, -0.25) is 0 Å². The van der Waals surface area contributed by atoms with Crippen LogP contribution in [0.3, 0.4) is 0 Å². The second kappa shape index (κ2) is 5.30. The number of hydrogen-bond acceptors (Lipinski definition) is 4. The van der Waals surface area contributed by atoms with Crippen molar-refractivity contribution in [1.82, 2.24) is 5.16 Å². The highest BCUT2D eigenvalue weighted by Gasteiger charge is 2.14. The third-order valence-corrected chi connectivity index (χ3v) is 2.96. The molecule has 2 N–H and O–H groups in total. The summed E-state index contributed by atoms with van der Waals surface area (Å²) in [5, 5.41) is 4.70. The largest absolute Gasteiger partial charge is 0.492 e. The minimum atomic E-state index is -0.328. The molecule has 0 saturated heterocycles. The van der Waals surface area contributed by atoms with Crippen LogP contribution in [0.1, 0.15) is 0 Å². The van der Waals surface area contributed by atoms with Crippen LogP contribution in [0.15, 0.2) is 47.0 Å². The van der Waals surface area contributed by atoms with Crippen molar-refractivity contribution in [2.75, 3.05) is 13.2 Å². The zero-order chi connectivity index (χ0) is 13.9. The lowest BCUT2D eigenvalue weighted by Crippen LogP contribution is -2.10. The summed E-state index contributed by atoms with van der Waals surface area (Å²) in [4.78, 5) is 0. The van der Waals surface area contributed by atoms with E-state index in [2.05, 4.69) is 5.16 Å². The molecule has 4 nitrogen and oxygen atoms in total. The molecule has 102 valence electrons. The minimum Gasteiger partial charge on any atom is -0.492 e. The summed E-state index contributed by atoms with van der Waals surface area (Å²) < 4.78 is 24.5. The standard InChI is InChI=1S/C15H13FN2O2/c16-13-4-2-1-3-11(13)15-12-6-5-10(19-8-7-17)9-14(12)20-18-15/h1-6,9H,7-8,17H2. The van der Waals surface area contributed by atoms with E-state index in [9.17, 15) is 4.39 Å². The molecule has 2 aromatic carbocycles. The van der Waals surface area contributed by atoms with Crippen molar-refractivity contribution in [3.63, 3.8) is 0 Å². The maximum Gasteiger partial charge on any atom is 0.171 e. The second-order valence-electron chi connectivity index (χ2n) is 4.31. The van der Waals surface area contributed by atoms with E-state index in [1.54, 1.807) is 36.4 Å². The van der Waals surface area contributed by atoms with Crippen LogP contribution in [0.5, 0.6) is 5.75 Å². The summed E-state index contributed by atoms with van der Waals surface area (Å²) in [6, 6.07) is 11.8. The Kier molecular flexibility index (Phi) is 3.35. The Labute approximate surface area is 114 Å². The van der Waals surface area contributed by atoms with Crippen molar-refractivity contribution in [2.24, 2.45) is 5.73 Å². The summed E-state index contributed by atoms with van der Waals surface area (Å²) in [6.07, 6.45) is 0. The molecule has 0 aliphatic heterocycles. The van der Waals surface area contributed by atoms with Gasteiger partial charge in [-0.25, -0.2) is 4.39 Å². The SMILES string of the molecule is NCCOc1ccc2c(-c3ccccc3F)noc2c1. The predicted octanol–water partition coefficient (Wildman–Crippen LogP) is 2.97. The van der Waals surface area contributed by atoms with Crippen molar-refractivity contribution in [1.29, 1.82) is 0 Å². The monoisotopic (exact) mass is 272 g/mol. The summed E-state index contributed by atoms with van der Waals surface area (Å²) in [6.45, 7) is 0.870. The number of aromatic nitrogens is 1. The van der Waals surface area contributed by atoms with Gasteiger partial charge in [0.2, 0.25) is 0 Å². The third kappa shape index (κ3) is 2.23. The maximum absolute atomic E-state index is 13.8. The average Bonchev–Trinajstić information content (AvgIpc) is 2.88. The molecule has 1 heterocycles. The number of hydrogen-bond donors (Lipinski definition) is 1. The zero-order valence-corrected chi connectivity index (χ0v) is 10.7. The summed E-state index contributed by atoms with van der Waals surface area (Å²) in [7, 11) is 0. The zero-order valence-electron chi connectivity index (χ0n) is 10.7. The lowest BCUT2D eigenvalue weighted by atomic mass is 10.1. The molecule has 0 bridgehead atoms. The Morgan fingerprint density at radius 3 is 2.85 bits per heavy atom. The number of benzene rings is 2. The van der Waals surface area contributed by atoms with Crippen LogP contribution >= 0.6 is 0 Å². The molecule has 3 aromatic rings. The summed E-state index contributed by atoms with van der Waals surface area (Å²) in [5.41, 5.74) is 6.84. The first-order chi connectivity index (χ1) is 9.79. The molecule has 0 atom stereocenters. The molecule has 1 aromatic heterocycles. The fourth-order valence-electron chi connectivity index (χ4n) is 2.03. The number of fused-ring (bicyclic) bond motifs is 1. The quantitative estimate of drug-likeness (QED) is 0.793. The molecule has 0 amide bonds. The van der Waals surface area contributed by atoms with Gasteiger partial charge in [0.05, 0.1) is 5.39 Å². The molecule has 0 aliphatic carbocycles. The van der Waals surface area contributed by atoms with Crippen molar-refractivity contribution < 1.29 is 13.7 Å². The van der Waals surface area contributed by atoms with Crippen LogP contribution in [0, 0.1) is 5.82 Å². The van der Waals surface area contributed by atoms with Gasteiger partial charge in [-0.15, -0.1) is 0 Å². The van der Waals surface area contributed by atoms with E-state index in [4.69, 9.17) is 15.0 Å². The van der Waals surface area contributed by atoms with Crippen LogP contribution in [0.2, 0.25) is 0 Å². The van der Waals surface area contributed by atoms with Gasteiger partial charge in [0.15, 0.2) is 5.58 Å². The smallest absolute Gasteiger partial charge is 0.171 e. The molecule has 20 heavy (non-hydrogen) atoms. The highest BCUT2D eigenvalue weighted by molar-refractivity contribution is 5.92. The van der Waals surface area contributed by atoms with E-state index < -0.39 is 0 Å². The molecule has 0 spiro atoms. The number of nitrogens with two attached hydrogens (primary N) is 1. The fourth-order valence-corrected chi connectivity index (χ4v) is 2.03. The average molecular weight is 272 g/mol. The molecular formula is C15H13FN2O2. The molecule has 0 unspecified atom stereocenters. The van der Waals surface area contributed by atoms with Crippen molar-refractivity contribution >= 4 is 11.0 Å². The van der Waals surface area contributed by atoms with Crippen LogP contribution in [-0.2, 0) is 0 Å². The molecule has 0 radical (unpaired) electrons. The Balaban J connectivity index is 2.04. The number of rotatable bonds is 4. The predicted molar refractivity (Wildman–Crippen MR) is 74.0 cm³/mol. The summed E-state index contributed by atoms with van der Waals surface area (Å²) in [5.74, 6) is 0.324.